The highest BCUT2D eigenvalue weighted by Gasteiger charge is 2.42. The quantitative estimate of drug-likeness (QED) is 0.719. The molecule has 5 atom stereocenters. The normalized spacial score (nSPS) is 27.7. The minimum absolute atomic E-state index is 0.000523. The minimum atomic E-state index is -3.79. The van der Waals surface area contributed by atoms with Gasteiger partial charge in [-0.25, -0.2) is 0 Å². The number of hydrogen-bond acceptors (Lipinski definition) is 7. The molecule has 2 bridgehead atoms. The first-order chi connectivity index (χ1) is 13.8. The summed E-state index contributed by atoms with van der Waals surface area (Å²) in [5.74, 6) is 1.68. The van der Waals surface area contributed by atoms with Gasteiger partial charge in [0.1, 0.15) is 0 Å². The number of piperidine rings is 3. The SMILES string of the molecule is CCC1CN2CCC1CC2[C@H](O)c1ccnc2ccc(OC)c(OS(C)(=O)=O)c12. The average Bonchev–Trinajstić information content (AvgIpc) is 2.72. The third kappa shape index (κ3) is 3.81. The number of ether oxygens (including phenoxy) is 1. The van der Waals surface area contributed by atoms with Crippen molar-refractivity contribution in [1.82, 2.24) is 9.88 Å². The molecule has 8 heteroatoms. The fourth-order valence-corrected chi connectivity index (χ4v) is 5.51. The van der Waals surface area contributed by atoms with E-state index in [1.165, 1.54) is 13.5 Å². The van der Waals surface area contributed by atoms with Gasteiger partial charge in [0.05, 0.1) is 30.4 Å². The Labute approximate surface area is 171 Å². The number of methoxy groups -OCH3 is 1. The van der Waals surface area contributed by atoms with Crippen LogP contribution in [0.25, 0.3) is 10.9 Å². The number of nitrogens with zero attached hydrogens (tertiary/aromatic N) is 2. The summed E-state index contributed by atoms with van der Waals surface area (Å²) in [6, 6.07) is 5.13. The van der Waals surface area contributed by atoms with Gasteiger partial charge in [-0.2, -0.15) is 8.42 Å². The fraction of sp³-hybridized carbons (Fsp3) is 0.571. The molecule has 0 saturated carbocycles. The molecule has 1 N–H and O–H groups in total. The second kappa shape index (κ2) is 7.74. The van der Waals surface area contributed by atoms with Gasteiger partial charge in [0.25, 0.3) is 0 Å². The molecular formula is C21H28N2O5S. The van der Waals surface area contributed by atoms with Crippen LogP contribution in [0.4, 0.5) is 0 Å². The molecule has 29 heavy (non-hydrogen) atoms. The number of fused-ring (bicyclic) bond motifs is 4. The summed E-state index contributed by atoms with van der Waals surface area (Å²) in [5.41, 5.74) is 1.18. The van der Waals surface area contributed by atoms with Crippen molar-refractivity contribution in [2.24, 2.45) is 11.8 Å². The lowest BCUT2D eigenvalue weighted by Crippen LogP contribution is -2.55. The molecule has 7 nitrogen and oxygen atoms in total. The molecule has 4 heterocycles. The Morgan fingerprint density at radius 1 is 1.34 bits per heavy atom. The van der Waals surface area contributed by atoms with E-state index in [0.29, 0.717) is 34.1 Å². The average molecular weight is 421 g/mol. The monoisotopic (exact) mass is 420 g/mol. The molecule has 0 aliphatic carbocycles. The number of aliphatic hydroxyl groups excluding tert-OH is 1. The van der Waals surface area contributed by atoms with Crippen molar-refractivity contribution < 1.29 is 22.4 Å². The summed E-state index contributed by atoms with van der Waals surface area (Å²) >= 11 is 0. The maximum absolute atomic E-state index is 11.9. The van der Waals surface area contributed by atoms with Gasteiger partial charge in [0, 0.05) is 18.8 Å². The number of benzene rings is 1. The zero-order chi connectivity index (χ0) is 20.8. The van der Waals surface area contributed by atoms with E-state index in [1.54, 1.807) is 24.4 Å². The van der Waals surface area contributed by atoms with Crippen molar-refractivity contribution >= 4 is 21.0 Å². The molecule has 0 spiro atoms. The number of aromatic nitrogens is 1. The molecule has 5 rings (SSSR count). The predicted molar refractivity (Wildman–Crippen MR) is 111 cm³/mol. The lowest BCUT2D eigenvalue weighted by Gasteiger charge is -2.51. The van der Waals surface area contributed by atoms with Crippen LogP contribution in [-0.4, -0.2) is 55.9 Å². The summed E-state index contributed by atoms with van der Waals surface area (Å²) < 4.78 is 34.4. The van der Waals surface area contributed by atoms with Crippen molar-refractivity contribution in [2.45, 2.75) is 38.3 Å². The van der Waals surface area contributed by atoms with Gasteiger partial charge in [-0.1, -0.05) is 13.3 Å². The van der Waals surface area contributed by atoms with Crippen molar-refractivity contribution in [2.75, 3.05) is 26.5 Å². The third-order valence-corrected chi connectivity index (χ3v) is 6.92. The standard InChI is InChI=1S/C21H28N2O5S/c1-4-13-12-23-10-8-14(13)11-17(23)20(24)15-7-9-22-16-5-6-18(27-2)21(19(15)16)28-29(3,25)26/h5-7,9,13-14,17,20,24H,4,8,10-12H2,1-3H3/t13?,14?,17?,20-/m1/s1. The first-order valence-corrected chi connectivity index (χ1v) is 11.9. The number of pyridine rings is 1. The maximum atomic E-state index is 11.9. The summed E-state index contributed by atoms with van der Waals surface area (Å²) in [7, 11) is -2.33. The van der Waals surface area contributed by atoms with E-state index in [4.69, 9.17) is 8.92 Å². The Morgan fingerprint density at radius 3 is 2.76 bits per heavy atom. The largest absolute Gasteiger partial charge is 0.493 e. The summed E-state index contributed by atoms with van der Waals surface area (Å²) in [6.45, 7) is 4.22. The minimum Gasteiger partial charge on any atom is -0.493 e. The van der Waals surface area contributed by atoms with E-state index in [1.807, 2.05) is 0 Å². The van der Waals surface area contributed by atoms with Gasteiger partial charge in [-0.3, -0.25) is 9.88 Å². The molecule has 1 aromatic heterocycles. The second-order valence-electron chi connectivity index (χ2n) is 8.14. The Morgan fingerprint density at radius 2 is 2.14 bits per heavy atom. The van der Waals surface area contributed by atoms with Gasteiger partial charge in [0.2, 0.25) is 0 Å². The zero-order valence-electron chi connectivity index (χ0n) is 17.0. The lowest BCUT2D eigenvalue weighted by atomic mass is 9.72. The summed E-state index contributed by atoms with van der Waals surface area (Å²) in [6.07, 6.45) is 5.14. The van der Waals surface area contributed by atoms with Crippen LogP contribution in [0.1, 0.15) is 37.9 Å². The Hall–Kier alpha value is -1.90. The van der Waals surface area contributed by atoms with Crippen LogP contribution in [0.5, 0.6) is 11.5 Å². The molecule has 0 amide bonds. The van der Waals surface area contributed by atoms with E-state index in [2.05, 4.69) is 16.8 Å². The molecule has 158 valence electrons. The van der Waals surface area contributed by atoms with Crippen molar-refractivity contribution in [3.8, 4) is 11.5 Å². The smallest absolute Gasteiger partial charge is 0.306 e. The molecule has 3 fully saturated rings. The molecule has 4 unspecified atom stereocenters. The highest BCUT2D eigenvalue weighted by molar-refractivity contribution is 7.86. The van der Waals surface area contributed by atoms with Crippen LogP contribution in [-0.2, 0) is 10.1 Å². The van der Waals surface area contributed by atoms with E-state index in [0.717, 1.165) is 32.2 Å². The van der Waals surface area contributed by atoms with Crippen molar-refractivity contribution in [1.29, 1.82) is 0 Å². The van der Waals surface area contributed by atoms with Gasteiger partial charge >= 0.3 is 10.1 Å². The van der Waals surface area contributed by atoms with E-state index < -0.39 is 16.2 Å². The summed E-state index contributed by atoms with van der Waals surface area (Å²) in [5, 5.41) is 11.9. The second-order valence-corrected chi connectivity index (χ2v) is 9.71. The van der Waals surface area contributed by atoms with Crippen LogP contribution in [0, 0.1) is 11.8 Å². The van der Waals surface area contributed by atoms with Crippen LogP contribution < -0.4 is 8.92 Å². The van der Waals surface area contributed by atoms with Gasteiger partial charge < -0.3 is 14.0 Å². The predicted octanol–water partition coefficient (Wildman–Crippen LogP) is 2.74. The third-order valence-electron chi connectivity index (χ3n) is 6.45. The van der Waals surface area contributed by atoms with Crippen LogP contribution in [0.2, 0.25) is 0 Å². The number of hydrogen-bond donors (Lipinski definition) is 1. The van der Waals surface area contributed by atoms with Gasteiger partial charge in [0.15, 0.2) is 11.5 Å². The topological polar surface area (TPSA) is 89.0 Å². The Balaban J connectivity index is 1.80. The molecule has 0 radical (unpaired) electrons. The highest BCUT2D eigenvalue weighted by Crippen LogP contribution is 2.45. The molecule has 3 saturated heterocycles. The van der Waals surface area contributed by atoms with E-state index >= 15 is 0 Å². The maximum Gasteiger partial charge on any atom is 0.306 e. The molecule has 1 aromatic carbocycles. The van der Waals surface area contributed by atoms with Crippen LogP contribution >= 0.6 is 0 Å². The van der Waals surface area contributed by atoms with Crippen LogP contribution in [0.3, 0.4) is 0 Å². The van der Waals surface area contributed by atoms with E-state index in [9.17, 15) is 13.5 Å². The summed E-state index contributed by atoms with van der Waals surface area (Å²) in [4.78, 5) is 6.73. The molecule has 2 aromatic rings. The van der Waals surface area contributed by atoms with Crippen LogP contribution in [0.15, 0.2) is 24.4 Å². The van der Waals surface area contributed by atoms with E-state index in [-0.39, 0.29) is 11.8 Å². The molecule has 3 aliphatic rings. The molecular weight excluding hydrogens is 392 g/mol. The first-order valence-electron chi connectivity index (χ1n) is 10.1. The fourth-order valence-electron chi connectivity index (χ4n) is 5.04. The van der Waals surface area contributed by atoms with Crippen molar-refractivity contribution in [3.05, 3.63) is 30.0 Å². The number of rotatable bonds is 6. The van der Waals surface area contributed by atoms with Crippen molar-refractivity contribution in [3.63, 3.8) is 0 Å². The Bertz CT molecular complexity index is 1010. The first kappa shape index (κ1) is 20.4. The Kier molecular flexibility index (Phi) is 5.44. The van der Waals surface area contributed by atoms with Gasteiger partial charge in [-0.15, -0.1) is 0 Å². The highest BCUT2D eigenvalue weighted by atomic mass is 32.2. The zero-order valence-corrected chi connectivity index (χ0v) is 17.9. The molecule has 3 aliphatic heterocycles. The number of aliphatic hydroxyl groups is 1. The van der Waals surface area contributed by atoms with Gasteiger partial charge in [-0.05, 0) is 55.0 Å². The lowest BCUT2D eigenvalue weighted by molar-refractivity contribution is -0.0562.